The first-order valence-electron chi connectivity index (χ1n) is 11.4. The number of carbonyl (C=O) groups excluding carboxylic acids is 1. The maximum absolute atomic E-state index is 12.5. The standard InChI is InChI=1S/C27H38N4O/c1-5-6-7-8-9-12-18-30-19-15-25(3)31(22-26-14-11-10-13-24(26)2)23-28-17-21-29(4)27(32)16-20-30/h5-11,13-14,23H,1,3,12,15-22H2,2,4H3/b7-6-,9-8-,28-23?. The van der Waals surface area contributed by atoms with Crippen LogP contribution in [0, 0.1) is 6.92 Å². The van der Waals surface area contributed by atoms with Crippen molar-refractivity contribution in [3.05, 3.63) is 84.6 Å². The van der Waals surface area contributed by atoms with E-state index >= 15 is 0 Å². The van der Waals surface area contributed by atoms with Crippen LogP contribution in [0.15, 0.2) is 78.5 Å². The Labute approximate surface area is 194 Å². The minimum Gasteiger partial charge on any atom is -0.344 e. The number of carbonyl (C=O) groups is 1. The van der Waals surface area contributed by atoms with Gasteiger partial charge in [0, 0.05) is 51.9 Å². The average Bonchev–Trinajstić information content (AvgIpc) is 2.80. The van der Waals surface area contributed by atoms with Gasteiger partial charge in [-0.15, -0.1) is 0 Å². The lowest BCUT2D eigenvalue weighted by Crippen LogP contribution is -2.34. The molecule has 1 aliphatic rings. The van der Waals surface area contributed by atoms with Gasteiger partial charge in [-0.25, -0.2) is 0 Å². The van der Waals surface area contributed by atoms with Gasteiger partial charge in [-0.05, 0) is 30.9 Å². The number of aliphatic imine (C=N–C) groups is 1. The maximum Gasteiger partial charge on any atom is 0.223 e. The Morgan fingerprint density at radius 1 is 1.09 bits per heavy atom. The minimum atomic E-state index is 0.171. The van der Waals surface area contributed by atoms with Crippen molar-refractivity contribution < 1.29 is 4.79 Å². The van der Waals surface area contributed by atoms with Gasteiger partial charge in [-0.1, -0.05) is 67.8 Å². The summed E-state index contributed by atoms with van der Waals surface area (Å²) < 4.78 is 0. The summed E-state index contributed by atoms with van der Waals surface area (Å²) >= 11 is 0. The van der Waals surface area contributed by atoms with Gasteiger partial charge in [0.15, 0.2) is 0 Å². The second-order valence-corrected chi connectivity index (χ2v) is 8.14. The quantitative estimate of drug-likeness (QED) is 0.590. The Hall–Kier alpha value is -2.92. The molecule has 0 N–H and O–H groups in total. The van der Waals surface area contributed by atoms with E-state index in [1.165, 1.54) is 11.1 Å². The second kappa shape index (κ2) is 14.2. The molecule has 32 heavy (non-hydrogen) atoms. The number of rotatable bonds is 7. The third-order valence-corrected chi connectivity index (χ3v) is 5.68. The average molecular weight is 435 g/mol. The molecule has 1 amide bonds. The molecular weight excluding hydrogens is 396 g/mol. The molecule has 0 unspecified atom stereocenters. The van der Waals surface area contributed by atoms with Crippen molar-refractivity contribution in [2.75, 3.05) is 39.8 Å². The van der Waals surface area contributed by atoms with Crippen LogP contribution in [0.4, 0.5) is 0 Å². The van der Waals surface area contributed by atoms with Crippen LogP contribution in [0.3, 0.4) is 0 Å². The smallest absolute Gasteiger partial charge is 0.223 e. The summed E-state index contributed by atoms with van der Waals surface area (Å²) in [4.78, 5) is 23.4. The lowest BCUT2D eigenvalue weighted by Gasteiger charge is -2.26. The molecule has 172 valence electrons. The van der Waals surface area contributed by atoms with E-state index in [0.29, 0.717) is 19.5 Å². The first-order valence-corrected chi connectivity index (χ1v) is 11.4. The Morgan fingerprint density at radius 2 is 1.88 bits per heavy atom. The van der Waals surface area contributed by atoms with Crippen LogP contribution < -0.4 is 0 Å². The topological polar surface area (TPSA) is 39.1 Å². The number of allylic oxidation sites excluding steroid dienone is 4. The van der Waals surface area contributed by atoms with Crippen molar-refractivity contribution in [3.63, 3.8) is 0 Å². The van der Waals surface area contributed by atoms with Crippen LogP contribution >= 0.6 is 0 Å². The van der Waals surface area contributed by atoms with Crippen LogP contribution in [0.2, 0.25) is 0 Å². The lowest BCUT2D eigenvalue weighted by molar-refractivity contribution is -0.130. The van der Waals surface area contributed by atoms with E-state index in [2.05, 4.69) is 65.2 Å². The van der Waals surface area contributed by atoms with E-state index in [1.54, 1.807) is 11.0 Å². The van der Waals surface area contributed by atoms with Crippen LogP contribution in [0.25, 0.3) is 0 Å². The molecule has 0 bridgehead atoms. The number of benzene rings is 1. The summed E-state index contributed by atoms with van der Waals surface area (Å²) in [5, 5.41) is 0. The van der Waals surface area contributed by atoms with Gasteiger partial charge in [-0.3, -0.25) is 9.79 Å². The third kappa shape index (κ3) is 9.06. The fourth-order valence-electron chi connectivity index (χ4n) is 3.48. The zero-order valence-corrected chi connectivity index (χ0v) is 19.7. The zero-order valence-electron chi connectivity index (χ0n) is 19.7. The zero-order chi connectivity index (χ0) is 23.2. The molecule has 0 saturated carbocycles. The first-order chi connectivity index (χ1) is 15.5. The lowest BCUT2D eigenvalue weighted by atomic mass is 10.1. The second-order valence-electron chi connectivity index (χ2n) is 8.14. The van der Waals surface area contributed by atoms with Crippen molar-refractivity contribution in [1.29, 1.82) is 0 Å². The summed E-state index contributed by atoms with van der Waals surface area (Å²) in [6, 6.07) is 8.43. The minimum absolute atomic E-state index is 0.171. The normalized spacial score (nSPS) is 17.6. The van der Waals surface area contributed by atoms with Crippen LogP contribution in [0.5, 0.6) is 0 Å². The Morgan fingerprint density at radius 3 is 2.66 bits per heavy atom. The molecular formula is C27H38N4O. The number of likely N-dealkylation sites (N-methyl/N-ethyl adjacent to an activating group) is 1. The van der Waals surface area contributed by atoms with Crippen molar-refractivity contribution in [3.8, 4) is 0 Å². The summed E-state index contributed by atoms with van der Waals surface area (Å²) in [7, 11) is 1.86. The van der Waals surface area contributed by atoms with Crippen molar-refractivity contribution in [1.82, 2.24) is 14.7 Å². The molecule has 0 saturated heterocycles. The first kappa shape index (κ1) is 25.3. The van der Waals surface area contributed by atoms with Crippen molar-refractivity contribution >= 4 is 12.2 Å². The molecule has 0 spiro atoms. The monoisotopic (exact) mass is 434 g/mol. The molecule has 2 rings (SSSR count). The maximum atomic E-state index is 12.5. The highest BCUT2D eigenvalue weighted by atomic mass is 16.2. The molecule has 1 aromatic carbocycles. The van der Waals surface area contributed by atoms with E-state index in [0.717, 1.165) is 44.7 Å². The highest BCUT2D eigenvalue weighted by molar-refractivity contribution is 5.76. The highest BCUT2D eigenvalue weighted by Gasteiger charge is 2.15. The van der Waals surface area contributed by atoms with Gasteiger partial charge in [0.05, 0.1) is 12.9 Å². The number of amides is 1. The molecule has 1 aromatic rings. The van der Waals surface area contributed by atoms with Gasteiger partial charge in [-0.2, -0.15) is 0 Å². The van der Waals surface area contributed by atoms with Gasteiger partial charge < -0.3 is 14.7 Å². The van der Waals surface area contributed by atoms with Crippen molar-refractivity contribution in [2.24, 2.45) is 4.99 Å². The van der Waals surface area contributed by atoms with Crippen LogP contribution in [-0.4, -0.2) is 66.7 Å². The van der Waals surface area contributed by atoms with Gasteiger partial charge >= 0.3 is 0 Å². The molecule has 0 aliphatic carbocycles. The molecule has 1 heterocycles. The number of aryl methyl sites for hydroxylation is 1. The summed E-state index contributed by atoms with van der Waals surface area (Å²) in [5.41, 5.74) is 3.58. The predicted molar refractivity (Wildman–Crippen MR) is 136 cm³/mol. The molecule has 5 nitrogen and oxygen atoms in total. The number of hydrogen-bond acceptors (Lipinski definition) is 4. The molecule has 5 heteroatoms. The largest absolute Gasteiger partial charge is 0.344 e. The Balaban J connectivity index is 2.09. The van der Waals surface area contributed by atoms with E-state index in [9.17, 15) is 4.79 Å². The van der Waals surface area contributed by atoms with Gasteiger partial charge in [0.2, 0.25) is 5.91 Å². The van der Waals surface area contributed by atoms with E-state index in [1.807, 2.05) is 31.6 Å². The summed E-state index contributed by atoms with van der Waals surface area (Å²) in [6.45, 7) is 14.7. The Kier molecular flexibility index (Phi) is 11.2. The fraction of sp³-hybridized carbons (Fsp3) is 0.407. The molecule has 0 radical (unpaired) electrons. The predicted octanol–water partition coefficient (Wildman–Crippen LogP) is 4.58. The van der Waals surface area contributed by atoms with E-state index < -0.39 is 0 Å². The third-order valence-electron chi connectivity index (χ3n) is 5.68. The van der Waals surface area contributed by atoms with Crippen LogP contribution in [0.1, 0.15) is 30.4 Å². The van der Waals surface area contributed by atoms with E-state index in [4.69, 9.17) is 0 Å². The summed E-state index contributed by atoms with van der Waals surface area (Å²) in [5.74, 6) is 0.171. The van der Waals surface area contributed by atoms with E-state index in [-0.39, 0.29) is 5.91 Å². The summed E-state index contributed by atoms with van der Waals surface area (Å²) in [6.07, 6.45) is 14.1. The van der Waals surface area contributed by atoms with Crippen LogP contribution in [-0.2, 0) is 11.3 Å². The molecule has 0 atom stereocenters. The fourth-order valence-corrected chi connectivity index (χ4v) is 3.48. The SMILES string of the molecule is C=C/C=C\C=C/CCN1CCC(=C)N(Cc2ccccc2C)C=NCCN(C)C(=O)CC1. The Bertz CT molecular complexity index is 840. The number of hydrogen-bond donors (Lipinski definition) is 0. The van der Waals surface area contributed by atoms with Gasteiger partial charge in [0.1, 0.15) is 0 Å². The molecule has 0 fully saturated rings. The molecule has 1 aliphatic heterocycles. The van der Waals surface area contributed by atoms with Gasteiger partial charge in [0.25, 0.3) is 0 Å². The molecule has 0 aromatic heterocycles. The van der Waals surface area contributed by atoms with Crippen molar-refractivity contribution in [2.45, 2.75) is 32.7 Å². The highest BCUT2D eigenvalue weighted by Crippen LogP contribution is 2.15. The number of nitrogens with zero attached hydrogens (tertiary/aromatic N) is 4.